The Bertz CT molecular complexity index is 1330. The molecule has 8 nitrogen and oxygen atoms in total. The van der Waals surface area contributed by atoms with Crippen molar-refractivity contribution in [1.82, 2.24) is 9.62 Å². The summed E-state index contributed by atoms with van der Waals surface area (Å²) in [5.41, 5.74) is 2.65. The number of nitrogens with zero attached hydrogens (tertiary/aromatic N) is 1. The molecule has 36 heavy (non-hydrogen) atoms. The molecular weight excluding hydrogens is 500 g/mol. The number of carbonyl (C=O) groups excluding carboxylic acids is 1. The van der Waals surface area contributed by atoms with E-state index in [0.29, 0.717) is 17.3 Å². The quantitative estimate of drug-likeness (QED) is 0.464. The molecule has 0 aliphatic carbocycles. The molecule has 2 N–H and O–H groups in total. The average Bonchev–Trinajstić information content (AvgIpc) is 3.59. The number of nitrogens with one attached hydrogen (secondary N) is 1. The third kappa shape index (κ3) is 4.94. The number of hydrogen-bond donors (Lipinski definition) is 2. The van der Waals surface area contributed by atoms with Crippen molar-refractivity contribution in [2.75, 3.05) is 25.7 Å². The van der Waals surface area contributed by atoms with Crippen LogP contribution in [-0.4, -0.2) is 54.8 Å². The molecule has 2 aliphatic rings. The van der Waals surface area contributed by atoms with Gasteiger partial charge >= 0.3 is 0 Å². The molecule has 5 rings (SSSR count). The van der Waals surface area contributed by atoms with Crippen molar-refractivity contribution in [3.05, 3.63) is 78.4 Å². The molecule has 1 amide bonds. The van der Waals surface area contributed by atoms with Gasteiger partial charge in [0, 0.05) is 18.9 Å². The van der Waals surface area contributed by atoms with E-state index in [0.717, 1.165) is 16.7 Å². The van der Waals surface area contributed by atoms with Crippen molar-refractivity contribution in [2.45, 2.75) is 22.7 Å². The first kappa shape index (κ1) is 24.6. The van der Waals surface area contributed by atoms with E-state index in [9.17, 15) is 18.3 Å². The van der Waals surface area contributed by atoms with Crippen molar-refractivity contribution in [3.63, 3.8) is 0 Å². The number of rotatable bonds is 8. The van der Waals surface area contributed by atoms with E-state index in [1.807, 2.05) is 30.3 Å². The minimum Gasteiger partial charge on any atom is -0.454 e. The van der Waals surface area contributed by atoms with Crippen LogP contribution in [0.2, 0.25) is 0 Å². The SMILES string of the molecule is O=C(NC(CCO)c1ccc2c(c1)OCO2)C1SCCN1S(=O)(=O)c1ccc(-c2ccccc2)cc1. The summed E-state index contributed by atoms with van der Waals surface area (Å²) in [6, 6.07) is 21.2. The molecule has 3 aromatic carbocycles. The van der Waals surface area contributed by atoms with Crippen molar-refractivity contribution in [3.8, 4) is 22.6 Å². The zero-order valence-corrected chi connectivity index (χ0v) is 21.0. The minimum absolute atomic E-state index is 0.133. The maximum absolute atomic E-state index is 13.5. The van der Waals surface area contributed by atoms with Gasteiger partial charge in [-0.3, -0.25) is 4.79 Å². The van der Waals surface area contributed by atoms with E-state index < -0.39 is 27.3 Å². The van der Waals surface area contributed by atoms with E-state index >= 15 is 0 Å². The number of thioether (sulfide) groups is 1. The highest BCUT2D eigenvalue weighted by molar-refractivity contribution is 8.02. The number of amides is 1. The molecule has 188 valence electrons. The van der Waals surface area contributed by atoms with Gasteiger partial charge in [0.05, 0.1) is 10.9 Å². The summed E-state index contributed by atoms with van der Waals surface area (Å²) < 4.78 is 39.0. The first-order valence-electron chi connectivity index (χ1n) is 11.6. The standard InChI is InChI=1S/C26H26N2O6S2/c29-14-12-22(20-8-11-23-24(16-20)34-17-33-23)27-25(30)26-28(13-15-35-26)36(31,32)21-9-6-19(7-10-21)18-4-2-1-3-5-18/h1-11,16,22,26,29H,12-15,17H2,(H,27,30). The van der Waals surface area contributed by atoms with Gasteiger partial charge in [0.1, 0.15) is 5.37 Å². The first-order chi connectivity index (χ1) is 17.5. The number of fused-ring (bicyclic) bond motifs is 1. The lowest BCUT2D eigenvalue weighted by atomic mass is 10.0. The second kappa shape index (κ2) is 10.5. The maximum atomic E-state index is 13.5. The molecule has 0 radical (unpaired) electrons. The van der Waals surface area contributed by atoms with Gasteiger partial charge in [-0.05, 0) is 47.4 Å². The molecule has 2 atom stereocenters. The second-order valence-electron chi connectivity index (χ2n) is 8.42. The smallest absolute Gasteiger partial charge is 0.249 e. The summed E-state index contributed by atoms with van der Waals surface area (Å²) in [5.74, 6) is 1.28. The van der Waals surface area contributed by atoms with E-state index in [1.165, 1.54) is 16.1 Å². The summed E-state index contributed by atoms with van der Waals surface area (Å²) in [7, 11) is -3.89. The molecule has 3 aromatic rings. The number of sulfonamides is 1. The van der Waals surface area contributed by atoms with Crippen molar-refractivity contribution in [2.24, 2.45) is 0 Å². The van der Waals surface area contributed by atoms with Crippen LogP contribution in [0.1, 0.15) is 18.0 Å². The number of hydrogen-bond acceptors (Lipinski definition) is 7. The summed E-state index contributed by atoms with van der Waals surface area (Å²) in [6.45, 7) is 0.223. The van der Waals surface area contributed by atoms with Crippen LogP contribution >= 0.6 is 11.8 Å². The summed E-state index contributed by atoms with van der Waals surface area (Å²) in [5, 5.41) is 11.6. The molecule has 2 heterocycles. The van der Waals surface area contributed by atoms with Crippen LogP contribution in [0, 0.1) is 0 Å². The van der Waals surface area contributed by atoms with Crippen molar-refractivity contribution < 1.29 is 27.8 Å². The number of aliphatic hydroxyl groups excluding tert-OH is 1. The van der Waals surface area contributed by atoms with Gasteiger partial charge in [0.25, 0.3) is 0 Å². The zero-order chi connectivity index (χ0) is 25.1. The van der Waals surface area contributed by atoms with E-state index in [1.54, 1.807) is 42.5 Å². The lowest BCUT2D eigenvalue weighted by Gasteiger charge is -2.25. The first-order valence-corrected chi connectivity index (χ1v) is 14.1. The molecule has 10 heteroatoms. The van der Waals surface area contributed by atoms with Gasteiger partial charge in [0.15, 0.2) is 11.5 Å². The Morgan fingerprint density at radius 2 is 1.75 bits per heavy atom. The van der Waals surface area contributed by atoms with Crippen molar-refractivity contribution in [1.29, 1.82) is 0 Å². The summed E-state index contributed by atoms with van der Waals surface area (Å²) in [4.78, 5) is 13.4. The Kier molecular flexibility index (Phi) is 7.20. The third-order valence-corrected chi connectivity index (χ3v) is 9.39. The molecule has 0 bridgehead atoms. The highest BCUT2D eigenvalue weighted by atomic mass is 32.2. The fourth-order valence-electron chi connectivity index (χ4n) is 4.32. The van der Waals surface area contributed by atoms with Gasteiger partial charge in [-0.15, -0.1) is 11.8 Å². The van der Waals surface area contributed by atoms with E-state index in [2.05, 4.69) is 5.32 Å². The Hall–Kier alpha value is -3.05. The molecular formula is C26H26N2O6S2. The predicted molar refractivity (Wildman–Crippen MR) is 137 cm³/mol. The lowest BCUT2D eigenvalue weighted by Crippen LogP contribution is -2.45. The molecule has 0 saturated carbocycles. The van der Waals surface area contributed by atoms with Crippen LogP contribution in [0.5, 0.6) is 11.5 Å². The lowest BCUT2D eigenvalue weighted by molar-refractivity contribution is -0.123. The van der Waals surface area contributed by atoms with Gasteiger partial charge in [0.2, 0.25) is 22.7 Å². The van der Waals surface area contributed by atoms with Gasteiger partial charge in [-0.25, -0.2) is 8.42 Å². The maximum Gasteiger partial charge on any atom is 0.249 e. The highest BCUT2D eigenvalue weighted by Crippen LogP contribution is 2.36. The largest absolute Gasteiger partial charge is 0.454 e. The summed E-state index contributed by atoms with van der Waals surface area (Å²) >= 11 is 1.28. The second-order valence-corrected chi connectivity index (χ2v) is 11.5. The number of benzene rings is 3. The molecule has 0 aromatic heterocycles. The Labute approximate surface area is 214 Å². The van der Waals surface area contributed by atoms with Crippen LogP contribution in [0.4, 0.5) is 0 Å². The van der Waals surface area contributed by atoms with Crippen LogP contribution in [0.3, 0.4) is 0 Å². The molecule has 1 saturated heterocycles. The molecule has 2 unspecified atom stereocenters. The fourth-order valence-corrected chi connectivity index (χ4v) is 7.40. The van der Waals surface area contributed by atoms with E-state index in [-0.39, 0.29) is 31.3 Å². The number of aliphatic hydroxyl groups is 1. The zero-order valence-electron chi connectivity index (χ0n) is 19.4. The van der Waals surface area contributed by atoms with Gasteiger partial charge in [-0.1, -0.05) is 48.5 Å². The van der Waals surface area contributed by atoms with E-state index in [4.69, 9.17) is 9.47 Å². The predicted octanol–water partition coefficient (Wildman–Crippen LogP) is 3.39. The van der Waals surface area contributed by atoms with Gasteiger partial charge < -0.3 is 19.9 Å². The summed E-state index contributed by atoms with van der Waals surface area (Å²) in [6.07, 6.45) is 0.274. The average molecular weight is 527 g/mol. The normalized spacial score (nSPS) is 18.2. The molecule has 2 aliphatic heterocycles. The number of carbonyl (C=O) groups is 1. The Balaban J connectivity index is 1.33. The topological polar surface area (TPSA) is 105 Å². The minimum atomic E-state index is -3.89. The van der Waals surface area contributed by atoms with Gasteiger partial charge in [-0.2, -0.15) is 4.31 Å². The Morgan fingerprint density at radius 1 is 1.03 bits per heavy atom. The van der Waals surface area contributed by atoms with Crippen LogP contribution in [0.15, 0.2) is 77.7 Å². The fraction of sp³-hybridized carbons (Fsp3) is 0.269. The van der Waals surface area contributed by atoms with Crippen LogP contribution < -0.4 is 14.8 Å². The molecule has 1 fully saturated rings. The third-order valence-electron chi connectivity index (χ3n) is 6.17. The highest BCUT2D eigenvalue weighted by Gasteiger charge is 2.40. The van der Waals surface area contributed by atoms with Crippen molar-refractivity contribution >= 4 is 27.7 Å². The van der Waals surface area contributed by atoms with Crippen LogP contribution in [-0.2, 0) is 14.8 Å². The monoisotopic (exact) mass is 526 g/mol. The van der Waals surface area contributed by atoms with Crippen LogP contribution in [0.25, 0.3) is 11.1 Å². The molecule has 0 spiro atoms. The number of ether oxygens (including phenoxy) is 2. The Morgan fingerprint density at radius 3 is 2.50 bits per heavy atom.